The van der Waals surface area contributed by atoms with Crippen molar-refractivity contribution in [1.82, 2.24) is 0 Å². The lowest BCUT2D eigenvalue weighted by molar-refractivity contribution is 0.477. The van der Waals surface area contributed by atoms with E-state index in [4.69, 9.17) is 5.73 Å². The summed E-state index contributed by atoms with van der Waals surface area (Å²) in [5.41, 5.74) is 8.12. The van der Waals surface area contributed by atoms with Gasteiger partial charge in [0.25, 0.3) is 0 Å². The summed E-state index contributed by atoms with van der Waals surface area (Å²) in [6.07, 6.45) is 4.67. The summed E-state index contributed by atoms with van der Waals surface area (Å²) in [6.45, 7) is 6.95. The summed E-state index contributed by atoms with van der Waals surface area (Å²) in [7, 11) is 0. The van der Waals surface area contributed by atoms with Crippen LogP contribution in [0, 0.1) is 11.2 Å². The van der Waals surface area contributed by atoms with E-state index >= 15 is 0 Å². The third kappa shape index (κ3) is 2.92. The van der Waals surface area contributed by atoms with Gasteiger partial charge in [0.1, 0.15) is 5.82 Å². The number of benzene rings is 1. The first-order valence-electron chi connectivity index (χ1n) is 6.85. The second-order valence-electron chi connectivity index (χ2n) is 6.77. The quantitative estimate of drug-likeness (QED) is 0.863. The van der Waals surface area contributed by atoms with E-state index in [9.17, 15) is 4.39 Å². The maximum atomic E-state index is 13.8. The Bertz CT molecular complexity index is 427. The van der Waals surface area contributed by atoms with Crippen molar-refractivity contribution in [2.75, 3.05) is 6.54 Å². The monoisotopic (exact) mass is 249 g/mol. The van der Waals surface area contributed by atoms with Gasteiger partial charge in [-0.2, -0.15) is 0 Å². The lowest BCUT2D eigenvalue weighted by Crippen LogP contribution is -2.17. The molecule has 1 aliphatic rings. The molecule has 2 rings (SSSR count). The van der Waals surface area contributed by atoms with Crippen LogP contribution in [0.4, 0.5) is 4.39 Å². The highest BCUT2D eigenvalue weighted by molar-refractivity contribution is 5.30. The van der Waals surface area contributed by atoms with Crippen molar-refractivity contribution in [2.24, 2.45) is 11.1 Å². The summed E-state index contributed by atoms with van der Waals surface area (Å²) in [4.78, 5) is 0. The highest BCUT2D eigenvalue weighted by Gasteiger charge is 2.40. The van der Waals surface area contributed by atoms with Crippen LogP contribution in [0.25, 0.3) is 0 Å². The van der Waals surface area contributed by atoms with Crippen molar-refractivity contribution in [2.45, 2.75) is 51.9 Å². The molecule has 100 valence electrons. The van der Waals surface area contributed by atoms with E-state index in [0.717, 1.165) is 24.9 Å². The molecule has 0 heterocycles. The van der Waals surface area contributed by atoms with Crippen LogP contribution in [-0.2, 0) is 11.8 Å². The molecule has 1 aliphatic carbocycles. The van der Waals surface area contributed by atoms with Gasteiger partial charge in [0, 0.05) is 0 Å². The van der Waals surface area contributed by atoms with Crippen LogP contribution >= 0.6 is 0 Å². The largest absolute Gasteiger partial charge is 0.330 e. The Morgan fingerprint density at radius 1 is 1.28 bits per heavy atom. The smallest absolute Gasteiger partial charge is 0.126 e. The van der Waals surface area contributed by atoms with E-state index in [1.807, 2.05) is 12.1 Å². The maximum absolute atomic E-state index is 13.8. The Balaban J connectivity index is 2.10. The Morgan fingerprint density at radius 3 is 2.44 bits per heavy atom. The van der Waals surface area contributed by atoms with Crippen LogP contribution in [0.3, 0.4) is 0 Å². The number of aryl methyl sites for hydroxylation is 1. The van der Waals surface area contributed by atoms with Crippen molar-refractivity contribution in [3.05, 3.63) is 35.1 Å². The molecule has 1 aromatic rings. The van der Waals surface area contributed by atoms with Gasteiger partial charge < -0.3 is 5.73 Å². The van der Waals surface area contributed by atoms with Gasteiger partial charge in [-0.05, 0) is 60.3 Å². The molecule has 0 amide bonds. The topological polar surface area (TPSA) is 26.0 Å². The lowest BCUT2D eigenvalue weighted by atomic mass is 9.85. The number of nitrogens with two attached hydrogens (primary N) is 1. The van der Waals surface area contributed by atoms with Crippen molar-refractivity contribution in [3.63, 3.8) is 0 Å². The number of halogens is 1. The third-order valence-electron chi connectivity index (χ3n) is 4.17. The minimum atomic E-state index is -0.134. The zero-order valence-corrected chi connectivity index (χ0v) is 11.7. The maximum Gasteiger partial charge on any atom is 0.126 e. The van der Waals surface area contributed by atoms with Gasteiger partial charge in [-0.15, -0.1) is 0 Å². The fourth-order valence-electron chi connectivity index (χ4n) is 2.45. The predicted molar refractivity (Wildman–Crippen MR) is 74.1 cm³/mol. The molecule has 0 unspecified atom stereocenters. The predicted octanol–water partition coefficient (Wildman–Crippen LogP) is 3.79. The average Bonchev–Trinajstić information content (AvgIpc) is 3.07. The van der Waals surface area contributed by atoms with Crippen molar-refractivity contribution in [3.8, 4) is 0 Å². The highest BCUT2D eigenvalue weighted by Crippen LogP contribution is 2.48. The van der Waals surface area contributed by atoms with Crippen LogP contribution in [0.2, 0.25) is 0 Å². The molecular weight excluding hydrogens is 225 g/mol. The molecule has 0 spiro atoms. The van der Waals surface area contributed by atoms with Crippen molar-refractivity contribution in [1.29, 1.82) is 0 Å². The molecular formula is C16H24FN. The van der Waals surface area contributed by atoms with E-state index in [0.29, 0.717) is 5.41 Å². The molecule has 0 aromatic heterocycles. The summed E-state index contributed by atoms with van der Waals surface area (Å²) >= 11 is 0. The SMILES string of the molecule is CC(C)(C)c1cc(CCC2(CN)CC2)ccc1F. The van der Waals surface area contributed by atoms with E-state index in [2.05, 4.69) is 20.8 Å². The van der Waals surface area contributed by atoms with Gasteiger partial charge in [0.05, 0.1) is 0 Å². The second kappa shape index (κ2) is 4.65. The molecule has 1 saturated carbocycles. The molecule has 1 nitrogen and oxygen atoms in total. The van der Waals surface area contributed by atoms with Crippen LogP contribution in [0.5, 0.6) is 0 Å². The van der Waals surface area contributed by atoms with E-state index < -0.39 is 0 Å². The Hall–Kier alpha value is -0.890. The van der Waals surface area contributed by atoms with Crippen molar-refractivity contribution >= 4 is 0 Å². The summed E-state index contributed by atoms with van der Waals surface area (Å²) in [5.74, 6) is -0.0915. The molecule has 1 aromatic carbocycles. The first-order chi connectivity index (χ1) is 8.36. The molecule has 0 radical (unpaired) electrons. The van der Waals surface area contributed by atoms with Gasteiger partial charge in [0.15, 0.2) is 0 Å². The lowest BCUT2D eigenvalue weighted by Gasteiger charge is -2.21. The molecule has 2 heteroatoms. The first-order valence-corrected chi connectivity index (χ1v) is 6.85. The minimum absolute atomic E-state index is 0.0915. The Labute approximate surface area is 110 Å². The van der Waals surface area contributed by atoms with Gasteiger partial charge in [-0.1, -0.05) is 32.9 Å². The molecule has 2 N–H and O–H groups in total. The average molecular weight is 249 g/mol. The Kier molecular flexibility index (Phi) is 3.50. The second-order valence-corrected chi connectivity index (χ2v) is 6.77. The molecule has 1 fully saturated rings. The molecule has 0 aliphatic heterocycles. The van der Waals surface area contributed by atoms with Gasteiger partial charge in [-0.3, -0.25) is 0 Å². The highest BCUT2D eigenvalue weighted by atomic mass is 19.1. The third-order valence-corrected chi connectivity index (χ3v) is 4.17. The number of hydrogen-bond acceptors (Lipinski definition) is 1. The standard InChI is InChI=1S/C16H24FN/c1-15(2,3)13-10-12(4-5-14(13)17)6-7-16(11-18)8-9-16/h4-5,10H,6-9,11,18H2,1-3H3. The van der Waals surface area contributed by atoms with E-state index in [1.54, 1.807) is 6.07 Å². The normalized spacial score (nSPS) is 17.8. The number of rotatable bonds is 4. The van der Waals surface area contributed by atoms with Crippen LogP contribution in [0.1, 0.15) is 51.2 Å². The minimum Gasteiger partial charge on any atom is -0.330 e. The molecule has 0 bridgehead atoms. The van der Waals surface area contributed by atoms with E-state index in [-0.39, 0.29) is 11.2 Å². The molecule has 0 saturated heterocycles. The summed E-state index contributed by atoms with van der Waals surface area (Å²) < 4.78 is 13.8. The fraction of sp³-hybridized carbons (Fsp3) is 0.625. The van der Waals surface area contributed by atoms with Gasteiger partial charge >= 0.3 is 0 Å². The summed E-state index contributed by atoms with van der Waals surface area (Å²) in [5, 5.41) is 0. The van der Waals surface area contributed by atoms with Crippen LogP contribution < -0.4 is 5.73 Å². The van der Waals surface area contributed by atoms with Gasteiger partial charge in [-0.25, -0.2) is 4.39 Å². The van der Waals surface area contributed by atoms with Crippen molar-refractivity contribution < 1.29 is 4.39 Å². The van der Waals surface area contributed by atoms with E-state index in [1.165, 1.54) is 18.4 Å². The zero-order chi connectivity index (χ0) is 13.4. The summed E-state index contributed by atoms with van der Waals surface area (Å²) in [6, 6.07) is 5.55. The van der Waals surface area contributed by atoms with Crippen LogP contribution in [0.15, 0.2) is 18.2 Å². The first kappa shape index (κ1) is 13.5. The zero-order valence-electron chi connectivity index (χ0n) is 11.7. The molecule has 0 atom stereocenters. The fourth-order valence-corrected chi connectivity index (χ4v) is 2.45. The molecule has 18 heavy (non-hydrogen) atoms. The van der Waals surface area contributed by atoms with Crippen LogP contribution in [-0.4, -0.2) is 6.54 Å². The Morgan fingerprint density at radius 2 is 1.94 bits per heavy atom. The van der Waals surface area contributed by atoms with Gasteiger partial charge in [0.2, 0.25) is 0 Å². The number of hydrogen-bond donors (Lipinski definition) is 1.